The van der Waals surface area contributed by atoms with Gasteiger partial charge < -0.3 is 15.7 Å². The van der Waals surface area contributed by atoms with Crippen LogP contribution in [0.3, 0.4) is 0 Å². The van der Waals surface area contributed by atoms with Gasteiger partial charge in [0.25, 0.3) is 5.56 Å². The summed E-state index contributed by atoms with van der Waals surface area (Å²) < 4.78 is 1.24. The molecule has 1 aliphatic heterocycles. The summed E-state index contributed by atoms with van der Waals surface area (Å²) in [6.07, 6.45) is 0.877. The summed E-state index contributed by atoms with van der Waals surface area (Å²) in [7, 11) is 1.53. The maximum atomic E-state index is 12.0. The molecule has 0 aliphatic carbocycles. The van der Waals surface area contributed by atoms with Crippen LogP contribution in [0.15, 0.2) is 9.59 Å². The molecule has 0 amide bonds. The van der Waals surface area contributed by atoms with Crippen LogP contribution in [-0.4, -0.2) is 58.9 Å². The Morgan fingerprint density at radius 2 is 2.00 bits per heavy atom. The van der Waals surface area contributed by atoms with Gasteiger partial charge in [0.1, 0.15) is 11.5 Å². The molecule has 0 bridgehead atoms. The summed E-state index contributed by atoms with van der Waals surface area (Å²) in [5.74, 6) is 0.189. The number of nitrogen functional groups attached to an aromatic ring is 1. The van der Waals surface area contributed by atoms with Gasteiger partial charge in [-0.3, -0.25) is 19.2 Å². The zero-order valence-corrected chi connectivity index (χ0v) is 11.6. The zero-order valence-electron chi connectivity index (χ0n) is 11.6. The van der Waals surface area contributed by atoms with Crippen molar-refractivity contribution in [2.45, 2.75) is 6.42 Å². The van der Waals surface area contributed by atoms with Crippen molar-refractivity contribution in [2.24, 2.45) is 7.05 Å². The van der Waals surface area contributed by atoms with E-state index in [9.17, 15) is 9.59 Å². The van der Waals surface area contributed by atoms with Crippen LogP contribution in [0.25, 0.3) is 0 Å². The van der Waals surface area contributed by atoms with Crippen LogP contribution in [-0.2, 0) is 7.05 Å². The first-order chi connectivity index (χ1) is 9.54. The van der Waals surface area contributed by atoms with E-state index >= 15 is 0 Å². The third-order valence-corrected chi connectivity index (χ3v) is 3.67. The van der Waals surface area contributed by atoms with E-state index in [0.717, 1.165) is 19.5 Å². The molecule has 1 fully saturated rings. The zero-order chi connectivity index (χ0) is 14.7. The number of aliphatic hydroxyl groups excluding tert-OH is 1. The van der Waals surface area contributed by atoms with Crippen LogP contribution in [0.4, 0.5) is 11.5 Å². The van der Waals surface area contributed by atoms with E-state index in [0.29, 0.717) is 25.3 Å². The molecule has 8 nitrogen and oxygen atoms in total. The monoisotopic (exact) mass is 283 g/mol. The largest absolute Gasteiger partial charge is 0.395 e. The molecule has 0 spiro atoms. The van der Waals surface area contributed by atoms with Gasteiger partial charge in [-0.25, -0.2) is 4.79 Å². The quantitative estimate of drug-likeness (QED) is 0.602. The molecule has 112 valence electrons. The fraction of sp³-hybridized carbons (Fsp3) is 0.667. The minimum Gasteiger partial charge on any atom is -0.395 e. The summed E-state index contributed by atoms with van der Waals surface area (Å²) in [6, 6.07) is 0. The number of aliphatic hydroxyl groups is 1. The molecule has 1 aliphatic rings. The van der Waals surface area contributed by atoms with E-state index in [1.165, 1.54) is 11.6 Å². The van der Waals surface area contributed by atoms with Gasteiger partial charge in [0, 0.05) is 33.2 Å². The molecule has 0 atom stereocenters. The van der Waals surface area contributed by atoms with Crippen molar-refractivity contribution >= 4 is 11.5 Å². The first kappa shape index (κ1) is 14.6. The van der Waals surface area contributed by atoms with Gasteiger partial charge in [0.2, 0.25) is 0 Å². The highest BCUT2D eigenvalue weighted by Crippen LogP contribution is 2.17. The average molecular weight is 283 g/mol. The second-order valence-corrected chi connectivity index (χ2v) is 4.96. The predicted molar refractivity (Wildman–Crippen MR) is 77.1 cm³/mol. The Kier molecular flexibility index (Phi) is 4.46. The number of nitrogens with two attached hydrogens (primary N) is 1. The van der Waals surface area contributed by atoms with Crippen LogP contribution in [0, 0.1) is 0 Å². The highest BCUT2D eigenvalue weighted by molar-refractivity contribution is 5.62. The lowest BCUT2D eigenvalue weighted by molar-refractivity contribution is 0.204. The third-order valence-electron chi connectivity index (χ3n) is 3.67. The summed E-state index contributed by atoms with van der Waals surface area (Å²) in [6.45, 7) is 3.73. The predicted octanol–water partition coefficient (Wildman–Crippen LogP) is -1.84. The molecule has 0 unspecified atom stereocenters. The lowest BCUT2D eigenvalue weighted by Crippen LogP contribution is -2.39. The Hall–Kier alpha value is -1.80. The summed E-state index contributed by atoms with van der Waals surface area (Å²) >= 11 is 0. The van der Waals surface area contributed by atoms with Crippen molar-refractivity contribution < 1.29 is 5.11 Å². The summed E-state index contributed by atoms with van der Waals surface area (Å²) in [5, 5.41) is 8.98. The maximum Gasteiger partial charge on any atom is 0.329 e. The highest BCUT2D eigenvalue weighted by Gasteiger charge is 2.20. The fourth-order valence-electron chi connectivity index (χ4n) is 2.49. The number of aromatic amines is 1. The smallest absolute Gasteiger partial charge is 0.329 e. The second-order valence-electron chi connectivity index (χ2n) is 4.96. The Morgan fingerprint density at radius 3 is 2.70 bits per heavy atom. The number of hydrogen-bond acceptors (Lipinski definition) is 6. The van der Waals surface area contributed by atoms with Crippen molar-refractivity contribution in [1.82, 2.24) is 14.5 Å². The molecule has 4 N–H and O–H groups in total. The Morgan fingerprint density at radius 1 is 1.25 bits per heavy atom. The third kappa shape index (κ3) is 2.86. The van der Waals surface area contributed by atoms with Gasteiger partial charge >= 0.3 is 5.69 Å². The second kappa shape index (κ2) is 6.10. The molecule has 0 aromatic carbocycles. The minimum absolute atomic E-state index is 0.128. The van der Waals surface area contributed by atoms with Gasteiger partial charge in [-0.05, 0) is 13.0 Å². The highest BCUT2D eigenvalue weighted by atomic mass is 16.3. The SMILES string of the molecule is Cn1c(N)c(N2CCCN(CCO)CC2)c(=O)[nH]c1=O. The molecule has 0 saturated carbocycles. The topological polar surface area (TPSA) is 108 Å². The van der Waals surface area contributed by atoms with Gasteiger partial charge in [-0.1, -0.05) is 0 Å². The number of hydrogen-bond donors (Lipinski definition) is 3. The normalized spacial score (nSPS) is 17.2. The van der Waals surface area contributed by atoms with Crippen molar-refractivity contribution in [3.63, 3.8) is 0 Å². The van der Waals surface area contributed by atoms with E-state index in [-0.39, 0.29) is 12.4 Å². The first-order valence-corrected chi connectivity index (χ1v) is 6.71. The Labute approximate surface area is 116 Å². The van der Waals surface area contributed by atoms with Crippen LogP contribution >= 0.6 is 0 Å². The lowest BCUT2D eigenvalue weighted by Gasteiger charge is -2.24. The molecule has 1 aromatic rings. The molecule has 1 saturated heterocycles. The molecule has 0 radical (unpaired) electrons. The first-order valence-electron chi connectivity index (χ1n) is 6.71. The van der Waals surface area contributed by atoms with Crippen LogP contribution in [0.1, 0.15) is 6.42 Å². The van der Waals surface area contributed by atoms with Crippen molar-refractivity contribution in [1.29, 1.82) is 0 Å². The molecule has 20 heavy (non-hydrogen) atoms. The Balaban J connectivity index is 2.26. The van der Waals surface area contributed by atoms with Crippen LogP contribution in [0.5, 0.6) is 0 Å². The van der Waals surface area contributed by atoms with E-state index in [1.807, 2.05) is 4.90 Å². The number of nitrogens with zero attached hydrogens (tertiary/aromatic N) is 3. The van der Waals surface area contributed by atoms with Crippen LogP contribution < -0.4 is 21.9 Å². The van der Waals surface area contributed by atoms with E-state index in [2.05, 4.69) is 9.88 Å². The van der Waals surface area contributed by atoms with Crippen molar-refractivity contribution in [3.8, 4) is 0 Å². The van der Waals surface area contributed by atoms with Crippen LogP contribution in [0.2, 0.25) is 0 Å². The van der Waals surface area contributed by atoms with E-state index in [1.54, 1.807) is 0 Å². The number of β-amino-alcohol motifs (C(OH)–C–C–N with tert-alkyl or cyclic N) is 1. The number of nitrogens with one attached hydrogen (secondary N) is 1. The van der Waals surface area contributed by atoms with Gasteiger partial charge in [0.05, 0.1) is 6.61 Å². The van der Waals surface area contributed by atoms with E-state index < -0.39 is 11.2 Å². The van der Waals surface area contributed by atoms with E-state index in [4.69, 9.17) is 10.8 Å². The molecule has 1 aromatic heterocycles. The molecule has 2 rings (SSSR count). The lowest BCUT2D eigenvalue weighted by atomic mass is 10.3. The van der Waals surface area contributed by atoms with Crippen molar-refractivity contribution in [3.05, 3.63) is 20.8 Å². The number of aromatic nitrogens is 2. The summed E-state index contributed by atoms with van der Waals surface area (Å²) in [5.41, 5.74) is 5.32. The standard InChI is InChI=1S/C12H21N5O3/c1-15-10(13)9(11(19)14-12(15)20)17-4-2-3-16(5-6-17)7-8-18/h18H,2-8,13H2,1H3,(H,14,19,20). The number of H-pyrrole nitrogens is 1. The van der Waals surface area contributed by atoms with Gasteiger partial charge in [0.15, 0.2) is 0 Å². The number of anilines is 2. The molecule has 2 heterocycles. The summed E-state index contributed by atoms with van der Waals surface area (Å²) in [4.78, 5) is 29.8. The van der Waals surface area contributed by atoms with Crippen molar-refractivity contribution in [2.75, 3.05) is 50.0 Å². The molecular weight excluding hydrogens is 262 g/mol. The van der Waals surface area contributed by atoms with Gasteiger partial charge in [-0.15, -0.1) is 0 Å². The fourth-order valence-corrected chi connectivity index (χ4v) is 2.49. The Bertz CT molecular complexity index is 579. The number of rotatable bonds is 3. The average Bonchev–Trinajstić information content (AvgIpc) is 2.63. The maximum absolute atomic E-state index is 12.0. The van der Waals surface area contributed by atoms with Gasteiger partial charge in [-0.2, -0.15) is 0 Å². The molecule has 8 heteroatoms. The molecular formula is C12H21N5O3. The minimum atomic E-state index is -0.507.